The lowest BCUT2D eigenvalue weighted by atomic mass is 9.90. The van der Waals surface area contributed by atoms with E-state index in [1.165, 1.54) is 25.1 Å². The van der Waals surface area contributed by atoms with Crippen molar-refractivity contribution >= 4 is 0 Å². The lowest BCUT2D eigenvalue weighted by molar-refractivity contribution is -0.291. The number of pyridine rings is 1. The first-order valence-corrected chi connectivity index (χ1v) is 8.00. The van der Waals surface area contributed by atoms with Crippen molar-refractivity contribution in [2.75, 3.05) is 0 Å². The van der Waals surface area contributed by atoms with Gasteiger partial charge in [-0.1, -0.05) is 35.5 Å². The third kappa shape index (κ3) is 3.61. The van der Waals surface area contributed by atoms with E-state index in [1.807, 2.05) is 0 Å². The van der Waals surface area contributed by atoms with Crippen LogP contribution in [0.1, 0.15) is 16.8 Å². The zero-order chi connectivity index (χ0) is 22.5. The number of aromatic nitrogens is 2. The molecule has 0 saturated heterocycles. The fourth-order valence-corrected chi connectivity index (χ4v) is 2.80. The molecule has 3 aromatic rings. The van der Waals surface area contributed by atoms with Gasteiger partial charge < -0.3 is 4.52 Å². The van der Waals surface area contributed by atoms with Gasteiger partial charge in [-0.3, -0.25) is 0 Å². The summed E-state index contributed by atoms with van der Waals surface area (Å²) < 4.78 is 128. The average Bonchev–Trinajstić information content (AvgIpc) is 3.05. The van der Waals surface area contributed by atoms with Crippen LogP contribution >= 0.6 is 0 Å². The van der Waals surface area contributed by atoms with E-state index in [1.54, 1.807) is 0 Å². The van der Waals surface area contributed by atoms with Crippen molar-refractivity contribution in [2.24, 2.45) is 0 Å². The molecule has 0 aliphatic heterocycles. The van der Waals surface area contributed by atoms with Gasteiger partial charge in [0, 0.05) is 11.6 Å². The van der Waals surface area contributed by atoms with Gasteiger partial charge in [-0.25, -0.2) is 4.98 Å². The first-order valence-electron chi connectivity index (χ1n) is 8.00. The van der Waals surface area contributed by atoms with Gasteiger partial charge in [-0.15, -0.1) is 0 Å². The molecule has 12 heteroatoms. The van der Waals surface area contributed by atoms with E-state index in [-0.39, 0.29) is 11.3 Å². The van der Waals surface area contributed by atoms with Crippen molar-refractivity contribution < 1.29 is 44.0 Å². The van der Waals surface area contributed by atoms with Crippen molar-refractivity contribution in [2.45, 2.75) is 25.2 Å². The molecule has 0 fully saturated rings. The first kappa shape index (κ1) is 21.7. The van der Waals surface area contributed by atoms with E-state index < -0.39 is 52.4 Å². The molecule has 160 valence electrons. The average molecular weight is 440 g/mol. The largest absolute Gasteiger partial charge is 0.458 e. The molecule has 0 atom stereocenters. The molecule has 2 heterocycles. The topological polar surface area (TPSA) is 38.9 Å². The highest BCUT2D eigenvalue weighted by Gasteiger charge is 2.63. The Balaban J connectivity index is 2.58. The predicted molar refractivity (Wildman–Crippen MR) is 84.8 cm³/mol. The fourth-order valence-electron chi connectivity index (χ4n) is 2.80. The molecule has 0 N–H and O–H groups in total. The Kier molecular flexibility index (Phi) is 5.07. The Labute approximate surface area is 162 Å². The maximum absolute atomic E-state index is 14.4. The molecule has 0 saturated carbocycles. The molecule has 1 aromatic carbocycles. The number of hydrogen-bond acceptors (Lipinski definition) is 3. The van der Waals surface area contributed by atoms with Crippen molar-refractivity contribution in [3.63, 3.8) is 0 Å². The molecule has 30 heavy (non-hydrogen) atoms. The van der Waals surface area contributed by atoms with Gasteiger partial charge in [-0.2, -0.15) is 39.5 Å². The standard InChI is InChI=1S/C18H9F9N2O/c1-8-7-10(30-29-8)11-12(16(20,21)18(25,26)27)13(17(22,23)24)15(19)28-14(11)9-5-3-2-4-6-9/h2-7H,1H3. The number of halogens is 9. The van der Waals surface area contributed by atoms with E-state index in [9.17, 15) is 39.5 Å². The van der Waals surface area contributed by atoms with Gasteiger partial charge in [0.2, 0.25) is 5.95 Å². The summed E-state index contributed by atoms with van der Waals surface area (Å²) in [6.07, 6.45) is -12.4. The molecule has 0 aliphatic rings. The minimum Gasteiger partial charge on any atom is -0.356 e. The Hall–Kier alpha value is -3.05. The van der Waals surface area contributed by atoms with Crippen LogP contribution in [0.25, 0.3) is 22.6 Å². The van der Waals surface area contributed by atoms with Crippen LogP contribution in [0.4, 0.5) is 39.5 Å². The van der Waals surface area contributed by atoms with Crippen molar-refractivity contribution in [1.29, 1.82) is 0 Å². The smallest absolute Gasteiger partial charge is 0.356 e. The van der Waals surface area contributed by atoms with Crippen LogP contribution in [0.3, 0.4) is 0 Å². The second-order valence-corrected chi connectivity index (χ2v) is 6.14. The monoisotopic (exact) mass is 440 g/mol. The van der Waals surface area contributed by atoms with Gasteiger partial charge in [0.1, 0.15) is 5.56 Å². The summed E-state index contributed by atoms with van der Waals surface area (Å²) in [7, 11) is 0. The van der Waals surface area contributed by atoms with Gasteiger partial charge in [0.05, 0.1) is 22.5 Å². The highest BCUT2D eigenvalue weighted by atomic mass is 19.4. The third-order valence-electron chi connectivity index (χ3n) is 4.03. The Bertz CT molecular complexity index is 1070. The number of aryl methyl sites for hydroxylation is 1. The molecular weight excluding hydrogens is 431 g/mol. The van der Waals surface area contributed by atoms with Gasteiger partial charge in [0.15, 0.2) is 5.76 Å². The second kappa shape index (κ2) is 7.03. The normalized spacial score (nSPS) is 13.0. The summed E-state index contributed by atoms with van der Waals surface area (Å²) in [6, 6.07) is 7.20. The van der Waals surface area contributed by atoms with Crippen molar-refractivity contribution in [3.8, 4) is 22.6 Å². The van der Waals surface area contributed by atoms with Crippen molar-refractivity contribution in [3.05, 3.63) is 59.2 Å². The number of rotatable bonds is 3. The molecule has 2 aromatic heterocycles. The minimum absolute atomic E-state index is 0.0248. The lowest BCUT2D eigenvalue weighted by Gasteiger charge is -2.26. The summed E-state index contributed by atoms with van der Waals surface area (Å²) in [5.41, 5.74) is -7.98. The molecular formula is C18H9F9N2O. The quantitative estimate of drug-likeness (QED) is 0.344. The minimum atomic E-state index is -6.47. The van der Waals surface area contributed by atoms with Crippen LogP contribution in [-0.2, 0) is 12.1 Å². The highest BCUT2D eigenvalue weighted by molar-refractivity contribution is 5.82. The number of hydrogen-bond donors (Lipinski definition) is 0. The molecule has 0 unspecified atom stereocenters. The van der Waals surface area contributed by atoms with E-state index in [4.69, 9.17) is 0 Å². The Morgan fingerprint density at radius 1 is 0.867 bits per heavy atom. The maximum atomic E-state index is 14.4. The van der Waals surface area contributed by atoms with Crippen LogP contribution in [0.5, 0.6) is 0 Å². The Morgan fingerprint density at radius 2 is 1.47 bits per heavy atom. The highest BCUT2D eigenvalue weighted by Crippen LogP contribution is 2.53. The van der Waals surface area contributed by atoms with Crippen molar-refractivity contribution in [1.82, 2.24) is 10.1 Å². The van der Waals surface area contributed by atoms with E-state index >= 15 is 0 Å². The molecule has 0 spiro atoms. The molecule has 0 radical (unpaired) electrons. The Morgan fingerprint density at radius 3 is 1.93 bits per heavy atom. The second-order valence-electron chi connectivity index (χ2n) is 6.14. The molecule has 3 rings (SSSR count). The summed E-state index contributed by atoms with van der Waals surface area (Å²) >= 11 is 0. The fraction of sp³-hybridized carbons (Fsp3) is 0.222. The molecule has 3 nitrogen and oxygen atoms in total. The summed E-state index contributed by atoms with van der Waals surface area (Å²) in [5.74, 6) is -9.48. The van der Waals surface area contributed by atoms with Crippen LogP contribution in [-0.4, -0.2) is 16.3 Å². The van der Waals surface area contributed by atoms with Crippen LogP contribution in [0.2, 0.25) is 0 Å². The molecule has 0 bridgehead atoms. The third-order valence-corrected chi connectivity index (χ3v) is 4.03. The van der Waals surface area contributed by atoms with Gasteiger partial charge in [0.25, 0.3) is 0 Å². The maximum Gasteiger partial charge on any atom is 0.458 e. The van der Waals surface area contributed by atoms with Crippen LogP contribution in [0.15, 0.2) is 40.9 Å². The van der Waals surface area contributed by atoms with Gasteiger partial charge >= 0.3 is 18.3 Å². The van der Waals surface area contributed by atoms with E-state index in [2.05, 4.69) is 14.7 Å². The number of benzene rings is 1. The lowest BCUT2D eigenvalue weighted by Crippen LogP contribution is -2.37. The summed E-state index contributed by atoms with van der Waals surface area (Å²) in [4.78, 5) is 3.08. The SMILES string of the molecule is Cc1cc(-c2c(-c3ccccc3)nc(F)c(C(F)(F)F)c2C(F)(F)C(F)(F)F)on1. The van der Waals surface area contributed by atoms with E-state index in [0.717, 1.165) is 18.2 Å². The summed E-state index contributed by atoms with van der Waals surface area (Å²) in [5, 5.41) is 3.32. The molecule has 0 aliphatic carbocycles. The van der Waals surface area contributed by atoms with Gasteiger partial charge in [-0.05, 0) is 6.92 Å². The predicted octanol–water partition coefficient (Wildman–Crippen LogP) is 6.52. The number of alkyl halides is 8. The van der Waals surface area contributed by atoms with Crippen LogP contribution in [0, 0.1) is 12.9 Å². The first-order chi connectivity index (χ1) is 13.7. The van der Waals surface area contributed by atoms with E-state index in [0.29, 0.717) is 0 Å². The molecule has 0 amide bonds. The summed E-state index contributed by atoms with van der Waals surface area (Å²) in [6.45, 7) is 1.26. The zero-order valence-corrected chi connectivity index (χ0v) is 14.7. The zero-order valence-electron chi connectivity index (χ0n) is 14.7. The van der Waals surface area contributed by atoms with Crippen LogP contribution < -0.4 is 0 Å². The number of nitrogens with zero attached hydrogens (tertiary/aromatic N) is 2.